The first-order valence-corrected chi connectivity index (χ1v) is 16.3. The van der Waals surface area contributed by atoms with Crippen molar-refractivity contribution in [2.45, 2.75) is 65.4 Å². The van der Waals surface area contributed by atoms with E-state index in [1.807, 2.05) is 62.4 Å². The molecule has 2 aliphatic rings. The third kappa shape index (κ3) is 6.00. The molecule has 1 fully saturated rings. The van der Waals surface area contributed by atoms with Gasteiger partial charge in [-0.2, -0.15) is 0 Å². The maximum absolute atomic E-state index is 14.2. The summed E-state index contributed by atoms with van der Waals surface area (Å²) in [7, 11) is 0. The number of carbonyl (C=O) groups is 2. The van der Waals surface area contributed by atoms with Gasteiger partial charge in [-0.25, -0.2) is 4.79 Å². The Hall–Kier alpha value is -4.97. The summed E-state index contributed by atoms with van der Waals surface area (Å²) in [6, 6.07) is 19.8. The summed E-state index contributed by atoms with van der Waals surface area (Å²) in [5.74, 6) is 0.875. The van der Waals surface area contributed by atoms with E-state index >= 15 is 0 Å². The summed E-state index contributed by atoms with van der Waals surface area (Å²) in [4.78, 5) is 43.8. The number of hydrogen-bond donors (Lipinski definition) is 1. The van der Waals surface area contributed by atoms with Crippen LogP contribution in [0.15, 0.2) is 80.4 Å². The molecule has 0 bridgehead atoms. The highest BCUT2D eigenvalue weighted by Crippen LogP contribution is 2.29. The first-order valence-electron chi connectivity index (χ1n) is 15.5. The molecule has 1 saturated carbocycles. The topological polar surface area (TPSA) is 124 Å². The zero-order chi connectivity index (χ0) is 32.8. The Labute approximate surface area is 279 Å². The Morgan fingerprint density at radius 3 is 2.51 bits per heavy atom. The molecule has 5 aromatic rings. The maximum Gasteiger partial charge on any atom is 0.333 e. The van der Waals surface area contributed by atoms with E-state index in [0.29, 0.717) is 40.0 Å². The van der Waals surface area contributed by atoms with Crippen LogP contribution in [0.1, 0.15) is 63.3 Å². The van der Waals surface area contributed by atoms with Crippen LogP contribution in [0.2, 0.25) is 0 Å². The molecule has 12 heteroatoms. The lowest BCUT2D eigenvalue weighted by molar-refractivity contribution is 0.0610. The zero-order valence-electron chi connectivity index (χ0n) is 26.2. The number of hydrogen-bond acceptors (Lipinski definition) is 7. The molecule has 0 radical (unpaired) electrons. The van der Waals surface area contributed by atoms with Crippen molar-refractivity contribution in [2.24, 2.45) is 0 Å². The average Bonchev–Trinajstić information content (AvgIpc) is 3.71. The fourth-order valence-corrected chi connectivity index (χ4v) is 6.15. The van der Waals surface area contributed by atoms with Gasteiger partial charge in [-0.05, 0) is 86.3 Å². The third-order valence-electron chi connectivity index (χ3n) is 8.56. The number of benzene rings is 3. The first-order chi connectivity index (χ1) is 22.7. The second kappa shape index (κ2) is 12.3. The summed E-state index contributed by atoms with van der Waals surface area (Å²) >= 11 is 3.51. The molecular formula is C35H33BrN6O5. The molecule has 0 spiro atoms. The van der Waals surface area contributed by atoms with Gasteiger partial charge in [-0.15, -0.1) is 10.2 Å². The van der Waals surface area contributed by atoms with Gasteiger partial charge in [-0.1, -0.05) is 34.1 Å². The molecule has 3 aromatic carbocycles. The smallest absolute Gasteiger partial charge is 0.333 e. The van der Waals surface area contributed by atoms with Gasteiger partial charge >= 0.3 is 5.69 Å². The lowest BCUT2D eigenvalue weighted by Crippen LogP contribution is -2.47. The van der Waals surface area contributed by atoms with E-state index in [9.17, 15) is 14.4 Å². The minimum Gasteiger partial charge on any atom is -0.490 e. The fraction of sp³-hybridized carbons (Fsp3) is 0.286. The molecule has 2 amide bonds. The summed E-state index contributed by atoms with van der Waals surface area (Å²) < 4.78 is 15.5. The molecule has 7 rings (SSSR count). The van der Waals surface area contributed by atoms with E-state index in [1.54, 1.807) is 34.6 Å². The summed E-state index contributed by atoms with van der Waals surface area (Å²) in [6.07, 6.45) is 2.28. The molecule has 11 nitrogen and oxygen atoms in total. The second-order valence-electron chi connectivity index (χ2n) is 12.0. The Bertz CT molecular complexity index is 2060. The van der Waals surface area contributed by atoms with Crippen molar-refractivity contribution in [1.29, 1.82) is 0 Å². The average molecular weight is 698 g/mol. The molecule has 1 unspecified atom stereocenters. The number of rotatable bonds is 8. The molecule has 2 aromatic heterocycles. The lowest BCUT2D eigenvalue weighted by atomic mass is 10.1. The van der Waals surface area contributed by atoms with E-state index in [-0.39, 0.29) is 49.1 Å². The summed E-state index contributed by atoms with van der Waals surface area (Å²) in [5.41, 5.74) is 3.77. The zero-order valence-corrected chi connectivity index (χ0v) is 27.8. The van der Waals surface area contributed by atoms with E-state index in [0.717, 1.165) is 28.4 Å². The van der Waals surface area contributed by atoms with Gasteiger partial charge in [0, 0.05) is 41.7 Å². The minimum atomic E-state index is -0.452. The Kier molecular flexibility index (Phi) is 8.04. The van der Waals surface area contributed by atoms with Crippen molar-refractivity contribution in [3.63, 3.8) is 0 Å². The number of aryl methyl sites for hydroxylation is 2. The quantitative estimate of drug-likeness (QED) is 0.225. The van der Waals surface area contributed by atoms with E-state index < -0.39 is 5.91 Å². The van der Waals surface area contributed by atoms with Crippen molar-refractivity contribution >= 4 is 27.7 Å². The molecule has 3 heterocycles. The molecule has 1 N–H and O–H groups in total. The molecule has 0 saturated heterocycles. The molecule has 1 aliphatic heterocycles. The second-order valence-corrected chi connectivity index (χ2v) is 12.9. The van der Waals surface area contributed by atoms with Gasteiger partial charge in [0.05, 0.1) is 24.0 Å². The molecule has 240 valence electrons. The predicted molar refractivity (Wildman–Crippen MR) is 178 cm³/mol. The highest BCUT2D eigenvalue weighted by atomic mass is 79.9. The first kappa shape index (κ1) is 30.7. The van der Waals surface area contributed by atoms with Crippen molar-refractivity contribution in [3.8, 4) is 22.9 Å². The monoisotopic (exact) mass is 696 g/mol. The molecule has 47 heavy (non-hydrogen) atoms. The Balaban J connectivity index is 1.26. The predicted octanol–water partition coefficient (Wildman–Crippen LogP) is 5.58. The van der Waals surface area contributed by atoms with E-state index in [4.69, 9.17) is 9.15 Å². The van der Waals surface area contributed by atoms with Gasteiger partial charge in [0.15, 0.2) is 0 Å². The van der Waals surface area contributed by atoms with Crippen LogP contribution in [0.3, 0.4) is 0 Å². The van der Waals surface area contributed by atoms with Crippen LogP contribution in [-0.2, 0) is 19.6 Å². The highest BCUT2D eigenvalue weighted by molar-refractivity contribution is 9.10. The fourth-order valence-electron chi connectivity index (χ4n) is 5.90. The number of ether oxygens (including phenoxy) is 1. The van der Waals surface area contributed by atoms with E-state index in [2.05, 4.69) is 31.4 Å². The van der Waals surface area contributed by atoms with Gasteiger partial charge in [0.1, 0.15) is 11.4 Å². The number of carbonyl (C=O) groups excluding carboxylic acids is 2. The highest BCUT2D eigenvalue weighted by Gasteiger charge is 2.35. The van der Waals surface area contributed by atoms with Crippen LogP contribution in [0.4, 0.5) is 0 Å². The van der Waals surface area contributed by atoms with Gasteiger partial charge in [0.2, 0.25) is 11.8 Å². The molecule has 1 aliphatic carbocycles. The number of imidazole rings is 1. The van der Waals surface area contributed by atoms with Crippen LogP contribution in [0.25, 0.3) is 17.1 Å². The number of aromatic nitrogens is 4. The van der Waals surface area contributed by atoms with Gasteiger partial charge < -0.3 is 19.4 Å². The maximum atomic E-state index is 14.2. The Morgan fingerprint density at radius 1 is 1.04 bits per heavy atom. The van der Waals surface area contributed by atoms with Crippen LogP contribution < -0.4 is 15.7 Å². The standard InChI is InChI=1S/C35H33BrN6O5/c1-20-16-23(8-15-29(20)36)34(44)40-19-30-31(32(43)37-17-24-6-4-5-7-28(24)33-39-38-22(3)46-33)42(35(45)41(30)18-21(40)2)25-9-11-26(12-10-25)47-27-13-14-27/h4-12,15-16,21,27H,13-14,17-19H2,1-3H3,(H,37,43). The largest absolute Gasteiger partial charge is 0.490 e. The van der Waals surface area contributed by atoms with Gasteiger partial charge in [0.25, 0.3) is 11.8 Å². The minimum absolute atomic E-state index is 0.0842. The third-order valence-corrected chi connectivity index (χ3v) is 9.45. The lowest BCUT2D eigenvalue weighted by Gasteiger charge is -2.34. The van der Waals surface area contributed by atoms with Crippen LogP contribution in [0, 0.1) is 13.8 Å². The van der Waals surface area contributed by atoms with Crippen molar-refractivity contribution in [3.05, 3.63) is 116 Å². The number of amides is 2. The van der Waals surface area contributed by atoms with Gasteiger partial charge in [-0.3, -0.25) is 18.7 Å². The van der Waals surface area contributed by atoms with E-state index in [1.165, 1.54) is 4.57 Å². The summed E-state index contributed by atoms with van der Waals surface area (Å²) in [6.45, 7) is 6.02. The van der Waals surface area contributed by atoms with Crippen molar-refractivity contribution in [1.82, 2.24) is 29.5 Å². The van der Waals surface area contributed by atoms with Crippen molar-refractivity contribution in [2.75, 3.05) is 0 Å². The number of nitrogens with zero attached hydrogens (tertiary/aromatic N) is 5. The molecular weight excluding hydrogens is 664 g/mol. The van der Waals surface area contributed by atoms with Crippen LogP contribution in [0.5, 0.6) is 5.75 Å². The number of halogens is 1. The van der Waals surface area contributed by atoms with Crippen LogP contribution >= 0.6 is 15.9 Å². The van der Waals surface area contributed by atoms with Crippen LogP contribution in [-0.4, -0.2) is 48.2 Å². The Morgan fingerprint density at radius 2 is 1.81 bits per heavy atom. The SMILES string of the molecule is Cc1nnc(-c2ccccc2CNC(=O)c2c3n(c(=O)n2-c2ccc(OC4CC4)cc2)CC(C)N(C(=O)c2ccc(Br)c(C)c2)C3)o1. The van der Waals surface area contributed by atoms with Crippen molar-refractivity contribution < 1.29 is 18.7 Å². The normalized spacial score (nSPS) is 15.7. The number of nitrogens with one attached hydrogen (secondary N) is 1. The molecule has 1 atom stereocenters. The number of fused-ring (bicyclic) bond motifs is 1. The summed E-state index contributed by atoms with van der Waals surface area (Å²) in [5, 5.41) is 11.1.